The largest absolute Gasteiger partial charge is 0.379 e. The van der Waals surface area contributed by atoms with Crippen LogP contribution in [-0.2, 0) is 16.1 Å². The lowest BCUT2D eigenvalue weighted by Crippen LogP contribution is -2.42. The van der Waals surface area contributed by atoms with Crippen molar-refractivity contribution in [3.63, 3.8) is 0 Å². The van der Waals surface area contributed by atoms with Crippen LogP contribution in [0.4, 0.5) is 0 Å². The van der Waals surface area contributed by atoms with Gasteiger partial charge in [0.2, 0.25) is 5.91 Å². The van der Waals surface area contributed by atoms with E-state index < -0.39 is 0 Å². The molecular weight excluding hydrogens is 446 g/mol. The Bertz CT molecular complexity index is 988. The molecule has 0 radical (unpaired) electrons. The van der Waals surface area contributed by atoms with Gasteiger partial charge in [-0.15, -0.1) is 0 Å². The van der Waals surface area contributed by atoms with Gasteiger partial charge in [-0.1, -0.05) is 42.6 Å². The van der Waals surface area contributed by atoms with E-state index in [1.165, 1.54) is 31.0 Å². The van der Waals surface area contributed by atoms with Crippen LogP contribution in [0.5, 0.6) is 0 Å². The second kappa shape index (κ2) is 11.5. The number of benzene rings is 1. The summed E-state index contributed by atoms with van der Waals surface area (Å²) in [5.74, 6) is 0.0806. The van der Waals surface area contributed by atoms with Crippen LogP contribution in [0.3, 0.4) is 0 Å². The maximum absolute atomic E-state index is 13.3. The van der Waals surface area contributed by atoms with Crippen LogP contribution in [0.15, 0.2) is 28.2 Å². The van der Waals surface area contributed by atoms with Gasteiger partial charge in [-0.3, -0.25) is 14.2 Å². The molecule has 1 saturated carbocycles. The van der Waals surface area contributed by atoms with Crippen molar-refractivity contribution in [2.75, 3.05) is 13.7 Å². The maximum atomic E-state index is 13.3. The van der Waals surface area contributed by atoms with Gasteiger partial charge in [0, 0.05) is 31.3 Å². The fraction of sp³-hybridized carbons (Fsp3) is 0.625. The Labute approximate surface area is 199 Å². The highest BCUT2D eigenvalue weighted by Crippen LogP contribution is 2.28. The van der Waals surface area contributed by atoms with Crippen molar-refractivity contribution in [3.8, 4) is 0 Å². The SMILES string of the molecule is CC(C)OCCCn1c(SC(C)C(=O)N(C)C2CCCCC2)nc2cc(Cl)ccc2c1=O. The van der Waals surface area contributed by atoms with Gasteiger partial charge in [0.05, 0.1) is 22.3 Å². The van der Waals surface area contributed by atoms with E-state index in [4.69, 9.17) is 21.3 Å². The van der Waals surface area contributed by atoms with Crippen molar-refractivity contribution in [1.29, 1.82) is 0 Å². The van der Waals surface area contributed by atoms with Crippen molar-refractivity contribution in [3.05, 3.63) is 33.6 Å². The molecule has 0 N–H and O–H groups in total. The van der Waals surface area contributed by atoms with Crippen molar-refractivity contribution in [1.82, 2.24) is 14.5 Å². The highest BCUT2D eigenvalue weighted by Gasteiger charge is 2.27. The van der Waals surface area contributed by atoms with E-state index in [0.29, 0.717) is 46.7 Å². The fourth-order valence-corrected chi connectivity index (χ4v) is 5.35. The number of ether oxygens (including phenoxy) is 1. The standard InChI is InChI=1S/C24H34ClN3O3S/c1-16(2)31-14-8-13-28-23(30)20-12-11-18(25)15-21(20)26-24(28)32-17(3)22(29)27(4)19-9-6-5-7-10-19/h11-12,15-17,19H,5-10,13-14H2,1-4H3. The Morgan fingerprint density at radius 1 is 1.28 bits per heavy atom. The average Bonchev–Trinajstić information content (AvgIpc) is 2.77. The maximum Gasteiger partial charge on any atom is 0.262 e. The highest BCUT2D eigenvalue weighted by atomic mass is 35.5. The van der Waals surface area contributed by atoms with E-state index in [-0.39, 0.29) is 22.8 Å². The molecule has 3 rings (SSSR count). The molecule has 0 aliphatic heterocycles. The van der Waals surface area contributed by atoms with Crippen molar-refractivity contribution in [2.45, 2.75) is 88.4 Å². The van der Waals surface area contributed by atoms with Crippen molar-refractivity contribution in [2.24, 2.45) is 0 Å². The van der Waals surface area contributed by atoms with E-state index in [1.54, 1.807) is 22.8 Å². The number of aromatic nitrogens is 2. The van der Waals surface area contributed by atoms with Crippen LogP contribution >= 0.6 is 23.4 Å². The minimum absolute atomic E-state index is 0.0806. The predicted octanol–water partition coefficient (Wildman–Crippen LogP) is 5.14. The molecule has 1 heterocycles. The number of hydrogen-bond donors (Lipinski definition) is 0. The molecule has 0 bridgehead atoms. The molecule has 1 atom stereocenters. The summed E-state index contributed by atoms with van der Waals surface area (Å²) in [5.41, 5.74) is 0.443. The number of nitrogens with zero attached hydrogens (tertiary/aromatic N) is 3. The van der Waals surface area contributed by atoms with Gasteiger partial charge in [0.25, 0.3) is 5.56 Å². The zero-order chi connectivity index (χ0) is 23.3. The molecule has 0 spiro atoms. The molecule has 176 valence electrons. The number of rotatable bonds is 9. The Balaban J connectivity index is 1.84. The summed E-state index contributed by atoms with van der Waals surface area (Å²) in [7, 11) is 1.90. The molecule has 0 saturated heterocycles. The van der Waals surface area contributed by atoms with Gasteiger partial charge >= 0.3 is 0 Å². The van der Waals surface area contributed by atoms with Gasteiger partial charge in [-0.05, 0) is 58.2 Å². The second-order valence-electron chi connectivity index (χ2n) is 8.79. The summed E-state index contributed by atoms with van der Waals surface area (Å²) >= 11 is 7.49. The lowest BCUT2D eigenvalue weighted by atomic mass is 9.94. The van der Waals surface area contributed by atoms with Crippen molar-refractivity contribution < 1.29 is 9.53 Å². The summed E-state index contributed by atoms with van der Waals surface area (Å²) in [6, 6.07) is 5.43. The molecule has 32 heavy (non-hydrogen) atoms. The lowest BCUT2D eigenvalue weighted by Gasteiger charge is -2.32. The molecule has 2 aromatic rings. The number of carbonyl (C=O) groups is 1. The zero-order valence-corrected chi connectivity index (χ0v) is 21.0. The first kappa shape index (κ1) is 25.1. The fourth-order valence-electron chi connectivity index (χ4n) is 4.15. The lowest BCUT2D eigenvalue weighted by molar-refractivity contribution is -0.131. The van der Waals surface area contributed by atoms with Crippen LogP contribution in [0.25, 0.3) is 10.9 Å². The number of carbonyl (C=O) groups excluding carboxylic acids is 1. The molecule has 1 aliphatic carbocycles. The van der Waals surface area contributed by atoms with E-state index in [0.717, 1.165) is 12.8 Å². The molecule has 1 aliphatic rings. The third kappa shape index (κ3) is 6.27. The van der Waals surface area contributed by atoms with E-state index in [1.807, 2.05) is 32.7 Å². The van der Waals surface area contributed by atoms with E-state index in [9.17, 15) is 9.59 Å². The summed E-state index contributed by atoms with van der Waals surface area (Å²) in [6.45, 7) is 6.92. The van der Waals surface area contributed by atoms with Gasteiger partial charge in [0.15, 0.2) is 5.16 Å². The van der Waals surface area contributed by atoms with Crippen molar-refractivity contribution >= 4 is 40.2 Å². The first-order valence-electron chi connectivity index (χ1n) is 11.5. The molecule has 1 unspecified atom stereocenters. The van der Waals surface area contributed by atoms with Gasteiger partial charge < -0.3 is 9.64 Å². The first-order valence-corrected chi connectivity index (χ1v) is 12.8. The number of halogens is 1. The van der Waals surface area contributed by atoms with E-state index >= 15 is 0 Å². The molecule has 1 aromatic heterocycles. The molecule has 6 nitrogen and oxygen atoms in total. The van der Waals surface area contributed by atoms with Crippen LogP contribution < -0.4 is 5.56 Å². The number of fused-ring (bicyclic) bond motifs is 1. The smallest absolute Gasteiger partial charge is 0.262 e. The molecule has 1 fully saturated rings. The Morgan fingerprint density at radius 2 is 2.00 bits per heavy atom. The summed E-state index contributed by atoms with van der Waals surface area (Å²) in [4.78, 5) is 33.0. The Hall–Kier alpha value is -1.57. The summed E-state index contributed by atoms with van der Waals surface area (Å²) < 4.78 is 7.32. The topological polar surface area (TPSA) is 64.4 Å². The van der Waals surface area contributed by atoms with E-state index in [2.05, 4.69) is 0 Å². The number of thioether (sulfide) groups is 1. The third-order valence-corrected chi connectivity index (χ3v) is 7.27. The average molecular weight is 480 g/mol. The molecule has 8 heteroatoms. The van der Waals surface area contributed by atoms with Gasteiger partial charge in [-0.25, -0.2) is 4.98 Å². The van der Waals surface area contributed by atoms with Gasteiger partial charge in [-0.2, -0.15) is 0 Å². The van der Waals surface area contributed by atoms with Crippen LogP contribution in [0, 0.1) is 0 Å². The van der Waals surface area contributed by atoms with Crippen LogP contribution in [0.2, 0.25) is 5.02 Å². The molecule has 1 aromatic carbocycles. The highest BCUT2D eigenvalue weighted by molar-refractivity contribution is 8.00. The monoisotopic (exact) mass is 479 g/mol. The van der Waals surface area contributed by atoms with Crippen LogP contribution in [0.1, 0.15) is 59.3 Å². The summed E-state index contributed by atoms with van der Waals surface area (Å²) in [5, 5.41) is 1.27. The van der Waals surface area contributed by atoms with Crippen LogP contribution in [-0.4, -0.2) is 51.4 Å². The predicted molar refractivity (Wildman–Crippen MR) is 132 cm³/mol. The Kier molecular flexibility index (Phi) is 9.03. The van der Waals surface area contributed by atoms with Gasteiger partial charge in [0.1, 0.15) is 0 Å². The summed E-state index contributed by atoms with van der Waals surface area (Å²) in [6.07, 6.45) is 6.56. The minimum Gasteiger partial charge on any atom is -0.379 e. The second-order valence-corrected chi connectivity index (χ2v) is 10.5. The quantitative estimate of drug-likeness (QED) is 0.283. The minimum atomic E-state index is -0.344. The normalized spacial score (nSPS) is 15.9. The molecule has 1 amide bonds. The molecular formula is C24H34ClN3O3S. The third-order valence-electron chi connectivity index (χ3n) is 5.96. The number of amides is 1. The first-order chi connectivity index (χ1) is 15.3. The zero-order valence-electron chi connectivity index (χ0n) is 19.5. The number of hydrogen-bond acceptors (Lipinski definition) is 5. The Morgan fingerprint density at radius 3 is 2.69 bits per heavy atom.